The molecule has 1 aliphatic rings. The zero-order valence-electron chi connectivity index (χ0n) is 14.1. The van der Waals surface area contributed by atoms with E-state index >= 15 is 0 Å². The Morgan fingerprint density at radius 2 is 1.88 bits per heavy atom. The molecule has 0 unspecified atom stereocenters. The second-order valence-electron chi connectivity index (χ2n) is 6.12. The van der Waals surface area contributed by atoms with Crippen LogP contribution < -0.4 is 4.90 Å². The van der Waals surface area contributed by atoms with Crippen LogP contribution in [-0.4, -0.2) is 42.0 Å². The van der Waals surface area contributed by atoms with Crippen molar-refractivity contribution in [1.29, 1.82) is 0 Å². The van der Waals surface area contributed by atoms with Crippen LogP contribution in [-0.2, 0) is 0 Å². The van der Waals surface area contributed by atoms with Gasteiger partial charge in [0.2, 0.25) is 5.76 Å². The zero-order chi connectivity index (χ0) is 17.9. The fraction of sp³-hybridized carbons (Fsp3) is 0.263. The van der Waals surface area contributed by atoms with E-state index in [0.29, 0.717) is 31.2 Å². The lowest BCUT2D eigenvalue weighted by molar-refractivity contribution is 0.0762. The molecular formula is C19H18FN3O3. The highest BCUT2D eigenvalue weighted by Gasteiger charge is 2.26. The van der Waals surface area contributed by atoms with Crippen molar-refractivity contribution in [1.82, 2.24) is 9.88 Å². The standard InChI is InChI=1S/C19H18FN3O3/c20-14-4-6-15(7-5-14)22-8-2-9-23(11-10-22)19(24)17-18(26-13-21-17)16-3-1-12-25-16/h1,3-7,12-13H,2,8-11H2. The van der Waals surface area contributed by atoms with Gasteiger partial charge in [0.15, 0.2) is 17.8 Å². The van der Waals surface area contributed by atoms with Gasteiger partial charge in [0.1, 0.15) is 5.82 Å². The van der Waals surface area contributed by atoms with Gasteiger partial charge in [0.05, 0.1) is 6.26 Å². The summed E-state index contributed by atoms with van der Waals surface area (Å²) in [4.78, 5) is 20.9. The van der Waals surface area contributed by atoms with E-state index in [1.54, 1.807) is 29.2 Å². The summed E-state index contributed by atoms with van der Waals surface area (Å²) < 4.78 is 23.8. The molecule has 1 amide bonds. The molecule has 6 nitrogen and oxygen atoms in total. The lowest BCUT2D eigenvalue weighted by atomic mass is 10.2. The number of rotatable bonds is 3. The molecule has 0 aliphatic carbocycles. The van der Waals surface area contributed by atoms with Gasteiger partial charge in [-0.15, -0.1) is 0 Å². The van der Waals surface area contributed by atoms with Crippen molar-refractivity contribution in [3.05, 3.63) is 60.6 Å². The molecule has 2 aromatic heterocycles. The average molecular weight is 355 g/mol. The quantitative estimate of drug-likeness (QED) is 0.720. The number of hydrogen-bond donors (Lipinski definition) is 0. The van der Waals surface area contributed by atoms with Crippen molar-refractivity contribution in [2.75, 3.05) is 31.1 Å². The maximum atomic E-state index is 13.1. The van der Waals surface area contributed by atoms with Crippen LogP contribution in [0.3, 0.4) is 0 Å². The molecule has 0 saturated carbocycles. The number of amides is 1. The van der Waals surface area contributed by atoms with Gasteiger partial charge in [-0.25, -0.2) is 9.37 Å². The normalized spacial score (nSPS) is 15.1. The molecule has 1 aromatic carbocycles. The highest BCUT2D eigenvalue weighted by molar-refractivity contribution is 5.97. The minimum Gasteiger partial charge on any atom is -0.461 e. The monoisotopic (exact) mass is 355 g/mol. The third-order valence-corrected chi connectivity index (χ3v) is 4.49. The fourth-order valence-electron chi connectivity index (χ4n) is 3.16. The maximum absolute atomic E-state index is 13.1. The molecule has 3 aromatic rings. The van der Waals surface area contributed by atoms with E-state index in [4.69, 9.17) is 8.83 Å². The third kappa shape index (κ3) is 3.20. The third-order valence-electron chi connectivity index (χ3n) is 4.49. The van der Waals surface area contributed by atoms with Crippen LogP contribution in [0, 0.1) is 5.82 Å². The highest BCUT2D eigenvalue weighted by atomic mass is 19.1. The minimum atomic E-state index is -0.253. The summed E-state index contributed by atoms with van der Waals surface area (Å²) >= 11 is 0. The number of carbonyl (C=O) groups excluding carboxylic acids is 1. The van der Waals surface area contributed by atoms with Crippen LogP contribution in [0.15, 0.2) is 57.9 Å². The molecule has 1 aliphatic heterocycles. The first-order valence-corrected chi connectivity index (χ1v) is 8.49. The van der Waals surface area contributed by atoms with Gasteiger partial charge in [-0.2, -0.15) is 0 Å². The first-order valence-electron chi connectivity index (χ1n) is 8.49. The van der Waals surface area contributed by atoms with E-state index in [-0.39, 0.29) is 17.4 Å². The van der Waals surface area contributed by atoms with Gasteiger partial charge in [-0.05, 0) is 42.8 Å². The van der Waals surface area contributed by atoms with E-state index in [0.717, 1.165) is 18.7 Å². The molecule has 0 atom stereocenters. The molecule has 26 heavy (non-hydrogen) atoms. The van der Waals surface area contributed by atoms with Gasteiger partial charge >= 0.3 is 0 Å². The van der Waals surface area contributed by atoms with Crippen LogP contribution in [0.2, 0.25) is 0 Å². The Bertz CT molecular complexity index is 874. The van der Waals surface area contributed by atoms with Gasteiger partial charge in [-0.3, -0.25) is 4.79 Å². The van der Waals surface area contributed by atoms with Gasteiger partial charge in [-0.1, -0.05) is 0 Å². The molecule has 134 valence electrons. The zero-order valence-corrected chi connectivity index (χ0v) is 14.1. The number of hydrogen-bond acceptors (Lipinski definition) is 5. The second kappa shape index (κ2) is 7.03. The smallest absolute Gasteiger partial charge is 0.276 e. The van der Waals surface area contributed by atoms with Gasteiger partial charge < -0.3 is 18.6 Å². The summed E-state index contributed by atoms with van der Waals surface area (Å²) in [6.07, 6.45) is 3.60. The molecule has 7 heteroatoms. The van der Waals surface area contributed by atoms with Crippen molar-refractivity contribution in [3.63, 3.8) is 0 Å². The summed E-state index contributed by atoms with van der Waals surface area (Å²) in [5.74, 6) is 0.399. The first kappa shape index (κ1) is 16.4. The number of nitrogens with zero attached hydrogens (tertiary/aromatic N) is 3. The Balaban J connectivity index is 1.48. The molecule has 0 radical (unpaired) electrons. The summed E-state index contributed by atoms with van der Waals surface area (Å²) in [7, 11) is 0. The van der Waals surface area contributed by atoms with E-state index in [1.807, 2.05) is 0 Å². The Kier molecular flexibility index (Phi) is 4.43. The maximum Gasteiger partial charge on any atom is 0.276 e. The molecular weight excluding hydrogens is 337 g/mol. The number of halogens is 1. The Morgan fingerprint density at radius 1 is 1.04 bits per heavy atom. The van der Waals surface area contributed by atoms with Crippen molar-refractivity contribution in [3.8, 4) is 11.5 Å². The van der Waals surface area contributed by atoms with Crippen LogP contribution in [0.4, 0.5) is 10.1 Å². The van der Waals surface area contributed by atoms with Crippen molar-refractivity contribution >= 4 is 11.6 Å². The van der Waals surface area contributed by atoms with Crippen LogP contribution in [0.25, 0.3) is 11.5 Å². The Labute approximate surface area is 149 Å². The van der Waals surface area contributed by atoms with Crippen molar-refractivity contribution in [2.45, 2.75) is 6.42 Å². The van der Waals surface area contributed by atoms with E-state index in [2.05, 4.69) is 9.88 Å². The summed E-state index contributed by atoms with van der Waals surface area (Å²) in [5, 5.41) is 0. The topological polar surface area (TPSA) is 62.7 Å². The van der Waals surface area contributed by atoms with Crippen LogP contribution in [0.5, 0.6) is 0 Å². The average Bonchev–Trinajstić information content (AvgIpc) is 3.29. The fourth-order valence-corrected chi connectivity index (χ4v) is 3.16. The summed E-state index contributed by atoms with van der Waals surface area (Å²) in [6, 6.07) is 9.90. The van der Waals surface area contributed by atoms with Crippen LogP contribution >= 0.6 is 0 Å². The number of carbonyl (C=O) groups is 1. The van der Waals surface area contributed by atoms with Crippen molar-refractivity contribution < 1.29 is 18.0 Å². The lowest BCUT2D eigenvalue weighted by Gasteiger charge is -2.23. The summed E-state index contributed by atoms with van der Waals surface area (Å²) in [5.41, 5.74) is 1.22. The molecule has 0 spiro atoms. The molecule has 0 bridgehead atoms. The summed E-state index contributed by atoms with van der Waals surface area (Å²) in [6.45, 7) is 2.66. The molecule has 4 rings (SSSR count). The number of benzene rings is 1. The predicted molar refractivity (Wildman–Crippen MR) is 93.3 cm³/mol. The van der Waals surface area contributed by atoms with Crippen molar-refractivity contribution in [2.24, 2.45) is 0 Å². The van der Waals surface area contributed by atoms with Gasteiger partial charge in [0, 0.05) is 31.9 Å². The van der Waals surface area contributed by atoms with E-state index in [9.17, 15) is 9.18 Å². The van der Waals surface area contributed by atoms with Crippen LogP contribution in [0.1, 0.15) is 16.9 Å². The van der Waals surface area contributed by atoms with Gasteiger partial charge in [0.25, 0.3) is 5.91 Å². The first-order chi connectivity index (χ1) is 12.7. The van der Waals surface area contributed by atoms with E-state index < -0.39 is 0 Å². The highest BCUT2D eigenvalue weighted by Crippen LogP contribution is 2.25. The number of furan rings is 1. The number of aromatic nitrogens is 1. The number of oxazole rings is 1. The molecule has 1 fully saturated rings. The molecule has 3 heterocycles. The lowest BCUT2D eigenvalue weighted by Crippen LogP contribution is -2.35. The second-order valence-corrected chi connectivity index (χ2v) is 6.12. The molecule has 1 saturated heterocycles. The van der Waals surface area contributed by atoms with E-state index in [1.165, 1.54) is 24.8 Å². The Hall–Kier alpha value is -3.09. The Morgan fingerprint density at radius 3 is 2.65 bits per heavy atom. The largest absolute Gasteiger partial charge is 0.461 e. The number of anilines is 1. The predicted octanol–water partition coefficient (Wildman–Crippen LogP) is 3.43. The SMILES string of the molecule is O=C(c1ncoc1-c1ccco1)N1CCCN(c2ccc(F)cc2)CC1. The molecule has 0 N–H and O–H groups in total. The minimum absolute atomic E-state index is 0.175.